The molecule has 1 aliphatic heterocycles. The highest BCUT2D eigenvalue weighted by molar-refractivity contribution is 6.19. The number of H-pyrrole nitrogens is 1. The summed E-state index contributed by atoms with van der Waals surface area (Å²) in [7, 11) is 0. The minimum absolute atomic E-state index is 0.00180. The molecule has 0 saturated heterocycles. The van der Waals surface area contributed by atoms with Gasteiger partial charge in [-0.05, 0) is 32.0 Å². The summed E-state index contributed by atoms with van der Waals surface area (Å²) < 4.78 is 0. The van der Waals surface area contributed by atoms with Gasteiger partial charge in [0.25, 0.3) is 0 Å². The van der Waals surface area contributed by atoms with E-state index in [9.17, 15) is 9.90 Å². The summed E-state index contributed by atoms with van der Waals surface area (Å²) in [4.78, 5) is 19.1. The van der Waals surface area contributed by atoms with Gasteiger partial charge in [0.1, 0.15) is 5.84 Å². The molecule has 6 heteroatoms. The lowest BCUT2D eigenvalue weighted by atomic mass is 9.91. The number of aromatic hydroxyl groups is 1. The molecular weight excluding hydrogens is 316 g/mol. The zero-order valence-corrected chi connectivity index (χ0v) is 13.9. The van der Waals surface area contributed by atoms with E-state index in [4.69, 9.17) is 10.7 Å². The fraction of sp³-hybridized carbons (Fsp3) is 0.158. The summed E-state index contributed by atoms with van der Waals surface area (Å²) in [6.07, 6.45) is 0. The van der Waals surface area contributed by atoms with Gasteiger partial charge in [-0.3, -0.25) is 9.79 Å². The Labute approximate surface area is 144 Å². The van der Waals surface area contributed by atoms with Crippen LogP contribution in [0, 0.1) is 0 Å². The number of aromatic amines is 1. The fourth-order valence-electron chi connectivity index (χ4n) is 3.32. The van der Waals surface area contributed by atoms with E-state index in [0.717, 1.165) is 16.6 Å². The second-order valence-corrected chi connectivity index (χ2v) is 6.66. The molecule has 5 N–H and O–H groups in total. The number of aromatic nitrogens is 1. The lowest BCUT2D eigenvalue weighted by Crippen LogP contribution is -2.29. The number of hydrogen-bond donors (Lipinski definition) is 4. The first-order valence-electron chi connectivity index (χ1n) is 7.98. The molecule has 0 unspecified atom stereocenters. The maximum absolute atomic E-state index is 11.4. The molecule has 0 atom stereocenters. The summed E-state index contributed by atoms with van der Waals surface area (Å²) >= 11 is 0. The minimum Gasteiger partial charge on any atom is -0.494 e. The second kappa shape index (κ2) is 5.11. The highest BCUT2D eigenvalue weighted by atomic mass is 16.3. The molecule has 126 valence electrons. The van der Waals surface area contributed by atoms with Crippen LogP contribution in [0.1, 0.15) is 35.3 Å². The number of nitrogens with two attached hydrogens (primary N) is 1. The van der Waals surface area contributed by atoms with E-state index < -0.39 is 11.4 Å². The average molecular weight is 334 g/mol. The van der Waals surface area contributed by atoms with Gasteiger partial charge in [0, 0.05) is 27.7 Å². The van der Waals surface area contributed by atoms with Crippen LogP contribution in [0.5, 0.6) is 5.88 Å². The van der Waals surface area contributed by atoms with Crippen LogP contribution in [0.2, 0.25) is 0 Å². The Balaban J connectivity index is 1.90. The fourth-order valence-corrected chi connectivity index (χ4v) is 3.32. The molecule has 0 bridgehead atoms. The summed E-state index contributed by atoms with van der Waals surface area (Å²) in [5.41, 5.74) is 8.54. The number of amides is 1. The minimum atomic E-state index is -0.513. The first-order chi connectivity index (χ1) is 11.9. The van der Waals surface area contributed by atoms with Crippen molar-refractivity contribution in [1.29, 1.82) is 0 Å². The third kappa shape index (κ3) is 2.34. The Kier molecular flexibility index (Phi) is 3.12. The topological polar surface area (TPSA) is 104 Å². The molecule has 2 aromatic carbocycles. The monoisotopic (exact) mass is 334 g/mol. The number of carbonyl (C=O) groups excluding carboxylic acids is 1. The normalized spacial score (nSPS) is 15.4. The number of amidine groups is 1. The highest BCUT2D eigenvalue weighted by Gasteiger charge is 2.30. The predicted molar refractivity (Wildman–Crippen MR) is 98.1 cm³/mol. The summed E-state index contributed by atoms with van der Waals surface area (Å²) in [5.74, 6) is 0.0676. The summed E-state index contributed by atoms with van der Waals surface area (Å²) in [6, 6.07) is 13.0. The van der Waals surface area contributed by atoms with Crippen molar-refractivity contribution in [1.82, 2.24) is 4.98 Å². The largest absolute Gasteiger partial charge is 0.494 e. The van der Waals surface area contributed by atoms with Crippen molar-refractivity contribution in [2.45, 2.75) is 19.4 Å². The third-order valence-corrected chi connectivity index (χ3v) is 4.53. The van der Waals surface area contributed by atoms with Gasteiger partial charge < -0.3 is 21.1 Å². The van der Waals surface area contributed by atoms with Crippen molar-refractivity contribution in [3.8, 4) is 5.88 Å². The maximum atomic E-state index is 11.4. The van der Waals surface area contributed by atoms with Crippen molar-refractivity contribution in [3.05, 3.63) is 59.2 Å². The van der Waals surface area contributed by atoms with Gasteiger partial charge in [-0.25, -0.2) is 0 Å². The molecule has 0 spiro atoms. The van der Waals surface area contributed by atoms with Gasteiger partial charge in [-0.2, -0.15) is 0 Å². The molecule has 3 aromatic rings. The van der Waals surface area contributed by atoms with E-state index in [0.29, 0.717) is 22.5 Å². The van der Waals surface area contributed by atoms with E-state index in [1.807, 2.05) is 38.1 Å². The number of nitrogens with zero attached hydrogens (tertiary/aromatic N) is 1. The van der Waals surface area contributed by atoms with E-state index in [2.05, 4.69) is 10.3 Å². The van der Waals surface area contributed by atoms with Crippen LogP contribution in [0.25, 0.3) is 10.9 Å². The lowest BCUT2D eigenvalue weighted by Gasteiger charge is -2.30. The van der Waals surface area contributed by atoms with E-state index >= 15 is 0 Å². The number of carbonyl (C=O) groups is 1. The van der Waals surface area contributed by atoms with Gasteiger partial charge >= 0.3 is 0 Å². The molecule has 6 nitrogen and oxygen atoms in total. The SMILES string of the molecule is CC1(C)N=C(c2c(O)[nH]c3cc(C(N)=O)ccc23)Nc2ccccc21. The second-order valence-electron chi connectivity index (χ2n) is 6.66. The Hall–Kier alpha value is -3.28. The van der Waals surface area contributed by atoms with Crippen molar-refractivity contribution in [2.24, 2.45) is 10.7 Å². The number of nitrogens with one attached hydrogen (secondary N) is 2. The van der Waals surface area contributed by atoms with Crippen LogP contribution >= 0.6 is 0 Å². The van der Waals surface area contributed by atoms with Gasteiger partial charge in [0.15, 0.2) is 0 Å². The molecule has 0 saturated carbocycles. The van der Waals surface area contributed by atoms with E-state index in [1.165, 1.54) is 0 Å². The standard InChI is InChI=1S/C19H18N4O2/c1-19(2)12-5-3-4-6-13(12)21-17(23-19)15-11-8-7-10(16(20)24)9-14(11)22-18(15)25/h3-9,22,25H,1-2H3,(H2,20,24)(H,21,23). The predicted octanol–water partition coefficient (Wildman–Crippen LogP) is 3.08. The molecule has 4 rings (SSSR count). The van der Waals surface area contributed by atoms with Gasteiger partial charge in [0.05, 0.1) is 11.1 Å². The van der Waals surface area contributed by atoms with Crippen LogP contribution in [0.15, 0.2) is 47.5 Å². The van der Waals surface area contributed by atoms with Gasteiger partial charge in [-0.15, -0.1) is 0 Å². The van der Waals surface area contributed by atoms with Crippen LogP contribution < -0.4 is 11.1 Å². The molecule has 0 fully saturated rings. The zero-order valence-electron chi connectivity index (χ0n) is 13.9. The number of benzene rings is 2. The maximum Gasteiger partial charge on any atom is 0.248 e. The Morgan fingerprint density at radius 2 is 1.96 bits per heavy atom. The zero-order chi connectivity index (χ0) is 17.8. The molecule has 1 aliphatic rings. The number of fused-ring (bicyclic) bond motifs is 2. The summed E-state index contributed by atoms with van der Waals surface area (Å²) in [6.45, 7) is 4.06. The smallest absolute Gasteiger partial charge is 0.248 e. The van der Waals surface area contributed by atoms with Crippen molar-refractivity contribution in [3.63, 3.8) is 0 Å². The number of primary amides is 1. The highest BCUT2D eigenvalue weighted by Crippen LogP contribution is 2.38. The number of aliphatic imine (C=N–C) groups is 1. The van der Waals surface area contributed by atoms with Gasteiger partial charge in [-0.1, -0.05) is 24.3 Å². The quantitative estimate of drug-likeness (QED) is 0.579. The average Bonchev–Trinajstić information content (AvgIpc) is 2.89. The van der Waals surface area contributed by atoms with E-state index in [-0.39, 0.29) is 5.88 Å². The molecule has 1 amide bonds. The van der Waals surface area contributed by atoms with Crippen LogP contribution in [-0.4, -0.2) is 21.8 Å². The summed E-state index contributed by atoms with van der Waals surface area (Å²) in [5, 5.41) is 14.5. The first kappa shape index (κ1) is 15.3. The number of anilines is 1. The molecule has 2 heterocycles. The Bertz CT molecular complexity index is 1050. The first-order valence-corrected chi connectivity index (χ1v) is 7.98. The molecule has 1 aromatic heterocycles. The number of hydrogen-bond acceptors (Lipinski definition) is 4. The van der Waals surface area contributed by atoms with Crippen LogP contribution in [-0.2, 0) is 5.54 Å². The molecular formula is C19H18N4O2. The Morgan fingerprint density at radius 1 is 1.20 bits per heavy atom. The number of rotatable bonds is 2. The van der Waals surface area contributed by atoms with Gasteiger partial charge in [0.2, 0.25) is 11.8 Å². The molecule has 25 heavy (non-hydrogen) atoms. The number of para-hydroxylation sites is 1. The van der Waals surface area contributed by atoms with Crippen molar-refractivity contribution >= 4 is 28.3 Å². The molecule has 0 radical (unpaired) electrons. The van der Waals surface area contributed by atoms with Crippen molar-refractivity contribution in [2.75, 3.05) is 5.32 Å². The van der Waals surface area contributed by atoms with Crippen LogP contribution in [0.4, 0.5) is 5.69 Å². The lowest BCUT2D eigenvalue weighted by molar-refractivity contribution is 0.100. The van der Waals surface area contributed by atoms with E-state index in [1.54, 1.807) is 18.2 Å². The van der Waals surface area contributed by atoms with Crippen LogP contribution in [0.3, 0.4) is 0 Å². The molecule has 0 aliphatic carbocycles. The van der Waals surface area contributed by atoms with Crippen molar-refractivity contribution < 1.29 is 9.90 Å². The third-order valence-electron chi connectivity index (χ3n) is 4.53. The Morgan fingerprint density at radius 3 is 2.72 bits per heavy atom.